The molecule has 0 radical (unpaired) electrons. The molecule has 1 heterocycles. The predicted molar refractivity (Wildman–Crippen MR) is 72.9 cm³/mol. The lowest BCUT2D eigenvalue weighted by Crippen LogP contribution is -2.14. The number of carbonyl (C=O) groups is 1. The van der Waals surface area contributed by atoms with E-state index in [9.17, 15) is 9.18 Å². The van der Waals surface area contributed by atoms with Gasteiger partial charge in [-0.25, -0.2) is 13.9 Å². The lowest BCUT2D eigenvalue weighted by molar-refractivity contribution is 0.0689. The fraction of sp³-hybridized carbons (Fsp3) is 0.250. The molecule has 0 atom stereocenters. The predicted octanol–water partition coefficient (Wildman–Crippen LogP) is 1.43. The summed E-state index contributed by atoms with van der Waals surface area (Å²) in [5.41, 5.74) is 6.61. The molecule has 20 heavy (non-hydrogen) atoms. The number of hydrogen-bond donors (Lipinski definition) is 2. The fourth-order valence-electron chi connectivity index (χ4n) is 1.82. The molecule has 0 saturated carbocycles. The van der Waals surface area contributed by atoms with Gasteiger partial charge in [-0.2, -0.15) is 0 Å². The van der Waals surface area contributed by atoms with E-state index < -0.39 is 5.97 Å². The standard InChI is InChI=1S/C12H12BrFN4O2/c13-8-5-7(1-2-9(8)14)6-18-10(3-4-15)11(12(19)20)16-17-18/h1-2,5H,3-4,6,15H2,(H,19,20). The van der Waals surface area contributed by atoms with Crippen molar-refractivity contribution in [3.63, 3.8) is 0 Å². The molecule has 0 aliphatic rings. The summed E-state index contributed by atoms with van der Waals surface area (Å²) in [7, 11) is 0. The van der Waals surface area contributed by atoms with Gasteiger partial charge in [0.1, 0.15) is 5.82 Å². The highest BCUT2D eigenvalue weighted by Crippen LogP contribution is 2.18. The Labute approximate surface area is 122 Å². The van der Waals surface area contributed by atoms with Gasteiger partial charge in [-0.1, -0.05) is 11.3 Å². The summed E-state index contributed by atoms with van der Waals surface area (Å²) in [6.07, 6.45) is 0.358. The maximum atomic E-state index is 13.2. The molecule has 2 aromatic rings. The fourth-order valence-corrected chi connectivity index (χ4v) is 2.25. The lowest BCUT2D eigenvalue weighted by Gasteiger charge is -2.07. The Kier molecular flexibility index (Phi) is 4.46. The van der Waals surface area contributed by atoms with E-state index >= 15 is 0 Å². The largest absolute Gasteiger partial charge is 0.476 e. The van der Waals surface area contributed by atoms with Gasteiger partial charge in [0.15, 0.2) is 5.69 Å². The Bertz CT molecular complexity index is 644. The molecule has 0 aliphatic heterocycles. The van der Waals surface area contributed by atoms with E-state index in [2.05, 4.69) is 26.2 Å². The Balaban J connectivity index is 2.32. The smallest absolute Gasteiger partial charge is 0.358 e. The van der Waals surface area contributed by atoms with Crippen LogP contribution in [0.3, 0.4) is 0 Å². The molecule has 106 valence electrons. The Morgan fingerprint density at radius 1 is 1.50 bits per heavy atom. The normalized spacial score (nSPS) is 10.8. The van der Waals surface area contributed by atoms with E-state index in [1.165, 1.54) is 10.7 Å². The average molecular weight is 343 g/mol. The molecule has 3 N–H and O–H groups in total. The van der Waals surface area contributed by atoms with Crippen molar-refractivity contribution in [2.75, 3.05) is 6.54 Å². The molecule has 2 rings (SSSR count). The van der Waals surface area contributed by atoms with Crippen LogP contribution in [-0.4, -0.2) is 32.6 Å². The first-order valence-corrected chi connectivity index (χ1v) is 6.62. The Morgan fingerprint density at radius 2 is 2.25 bits per heavy atom. The molecular weight excluding hydrogens is 331 g/mol. The third-order valence-electron chi connectivity index (χ3n) is 2.74. The second-order valence-electron chi connectivity index (χ2n) is 4.13. The van der Waals surface area contributed by atoms with Gasteiger partial charge < -0.3 is 10.8 Å². The van der Waals surface area contributed by atoms with Crippen LogP contribution in [0.1, 0.15) is 21.7 Å². The van der Waals surface area contributed by atoms with Crippen LogP contribution in [0.15, 0.2) is 22.7 Å². The number of nitrogens with two attached hydrogens (primary N) is 1. The highest BCUT2D eigenvalue weighted by molar-refractivity contribution is 9.10. The van der Waals surface area contributed by atoms with Crippen molar-refractivity contribution in [3.8, 4) is 0 Å². The molecule has 1 aromatic heterocycles. The molecule has 8 heteroatoms. The minimum absolute atomic E-state index is 0.100. The maximum absolute atomic E-state index is 13.2. The van der Waals surface area contributed by atoms with Crippen molar-refractivity contribution >= 4 is 21.9 Å². The number of rotatable bonds is 5. The van der Waals surface area contributed by atoms with E-state index in [4.69, 9.17) is 10.8 Å². The number of hydrogen-bond acceptors (Lipinski definition) is 4. The van der Waals surface area contributed by atoms with Crippen molar-refractivity contribution in [3.05, 3.63) is 45.4 Å². The monoisotopic (exact) mass is 342 g/mol. The zero-order chi connectivity index (χ0) is 14.7. The first-order chi connectivity index (χ1) is 9.52. The van der Waals surface area contributed by atoms with Crippen molar-refractivity contribution in [2.24, 2.45) is 5.73 Å². The van der Waals surface area contributed by atoms with Gasteiger partial charge >= 0.3 is 5.97 Å². The summed E-state index contributed by atoms with van der Waals surface area (Å²) in [5.74, 6) is -1.50. The maximum Gasteiger partial charge on any atom is 0.358 e. The van der Waals surface area contributed by atoms with Gasteiger partial charge in [0, 0.05) is 6.42 Å². The second kappa shape index (κ2) is 6.10. The molecule has 1 aromatic carbocycles. The van der Waals surface area contributed by atoms with E-state index in [-0.39, 0.29) is 11.5 Å². The zero-order valence-corrected chi connectivity index (χ0v) is 12.0. The van der Waals surface area contributed by atoms with Crippen LogP contribution in [0.4, 0.5) is 4.39 Å². The second-order valence-corrected chi connectivity index (χ2v) is 4.99. The quantitative estimate of drug-likeness (QED) is 0.857. The number of carboxylic acids is 1. The SMILES string of the molecule is NCCc1c(C(=O)O)nnn1Cc1ccc(F)c(Br)c1. The molecule has 0 bridgehead atoms. The van der Waals surface area contributed by atoms with Gasteiger partial charge in [-0.3, -0.25) is 0 Å². The number of aromatic carboxylic acids is 1. The van der Waals surface area contributed by atoms with Crippen LogP contribution in [-0.2, 0) is 13.0 Å². The lowest BCUT2D eigenvalue weighted by atomic mass is 10.2. The summed E-state index contributed by atoms with van der Waals surface area (Å²) in [6.45, 7) is 0.593. The van der Waals surface area contributed by atoms with Gasteiger partial charge in [0.2, 0.25) is 0 Å². The third-order valence-corrected chi connectivity index (χ3v) is 3.35. The molecule has 6 nitrogen and oxygen atoms in total. The van der Waals surface area contributed by atoms with Gasteiger partial charge in [0.05, 0.1) is 16.7 Å². The van der Waals surface area contributed by atoms with Crippen LogP contribution in [0.25, 0.3) is 0 Å². The van der Waals surface area contributed by atoms with E-state index in [0.29, 0.717) is 29.7 Å². The molecule has 0 aliphatic carbocycles. The minimum atomic E-state index is -1.14. The molecular formula is C12H12BrFN4O2. The molecule has 0 saturated heterocycles. The Hall–Kier alpha value is -1.80. The van der Waals surface area contributed by atoms with Crippen LogP contribution in [0.5, 0.6) is 0 Å². The molecule has 0 amide bonds. The first-order valence-electron chi connectivity index (χ1n) is 5.82. The van der Waals surface area contributed by atoms with Crippen LogP contribution < -0.4 is 5.73 Å². The van der Waals surface area contributed by atoms with Crippen LogP contribution in [0, 0.1) is 5.82 Å². The highest BCUT2D eigenvalue weighted by Gasteiger charge is 2.18. The minimum Gasteiger partial charge on any atom is -0.476 e. The number of nitrogens with zero attached hydrogens (tertiary/aromatic N) is 3. The third kappa shape index (κ3) is 3.02. The van der Waals surface area contributed by atoms with Crippen molar-refractivity contribution < 1.29 is 14.3 Å². The number of carboxylic acid groups (broad SMARTS) is 1. The summed E-state index contributed by atoms with van der Waals surface area (Å²) in [5, 5.41) is 16.5. The summed E-state index contributed by atoms with van der Waals surface area (Å²) >= 11 is 3.10. The number of halogens is 2. The van der Waals surface area contributed by atoms with Gasteiger partial charge in [-0.15, -0.1) is 5.10 Å². The Morgan fingerprint density at radius 3 is 2.85 bits per heavy atom. The van der Waals surface area contributed by atoms with Crippen molar-refractivity contribution in [1.29, 1.82) is 0 Å². The first kappa shape index (κ1) is 14.6. The van der Waals surface area contributed by atoms with E-state index in [0.717, 1.165) is 5.56 Å². The molecule has 0 fully saturated rings. The van der Waals surface area contributed by atoms with E-state index in [1.54, 1.807) is 12.1 Å². The van der Waals surface area contributed by atoms with Crippen molar-refractivity contribution in [2.45, 2.75) is 13.0 Å². The molecule has 0 spiro atoms. The molecule has 0 unspecified atom stereocenters. The topological polar surface area (TPSA) is 94.0 Å². The summed E-state index contributed by atoms with van der Waals surface area (Å²) in [6, 6.07) is 4.55. The van der Waals surface area contributed by atoms with Crippen LogP contribution in [0.2, 0.25) is 0 Å². The summed E-state index contributed by atoms with van der Waals surface area (Å²) < 4.78 is 15.0. The highest BCUT2D eigenvalue weighted by atomic mass is 79.9. The average Bonchev–Trinajstić information content (AvgIpc) is 2.78. The summed E-state index contributed by atoms with van der Waals surface area (Å²) in [4.78, 5) is 11.0. The van der Waals surface area contributed by atoms with Crippen molar-refractivity contribution in [1.82, 2.24) is 15.0 Å². The van der Waals surface area contributed by atoms with Crippen LogP contribution >= 0.6 is 15.9 Å². The zero-order valence-electron chi connectivity index (χ0n) is 10.4. The van der Waals surface area contributed by atoms with E-state index in [1.807, 2.05) is 0 Å². The number of benzene rings is 1. The van der Waals surface area contributed by atoms with Gasteiger partial charge in [-0.05, 0) is 40.2 Å². The number of aromatic nitrogens is 3. The van der Waals surface area contributed by atoms with Gasteiger partial charge in [0.25, 0.3) is 0 Å².